The number of esters is 1. The van der Waals surface area contributed by atoms with Gasteiger partial charge in [-0.25, -0.2) is 0 Å². The van der Waals surface area contributed by atoms with E-state index in [0.717, 1.165) is 10.8 Å². The Hall–Kier alpha value is -3.23. The molecule has 0 saturated carbocycles. The second kappa shape index (κ2) is 9.26. The van der Waals surface area contributed by atoms with Crippen molar-refractivity contribution in [1.29, 1.82) is 0 Å². The minimum atomic E-state index is -1.19. The number of ether oxygens (including phenoxy) is 2. The van der Waals surface area contributed by atoms with E-state index in [4.69, 9.17) is 9.47 Å². The number of benzene rings is 2. The molecule has 6 atom stereocenters. The van der Waals surface area contributed by atoms with Crippen molar-refractivity contribution in [3.8, 4) is 0 Å². The highest BCUT2D eigenvalue weighted by atomic mass is 16.6. The molecule has 8 heteroatoms. The van der Waals surface area contributed by atoms with Crippen molar-refractivity contribution in [3.05, 3.63) is 55.1 Å². The maximum Gasteiger partial charge on any atom is 0.312 e. The van der Waals surface area contributed by atoms with Crippen LogP contribution in [0.3, 0.4) is 0 Å². The SMILES string of the molecule is C=CCN(C(=O)C1N(CCO)C(=O)[C@@H]2[C@H](C(=O)OCC)[C@@]3(C)OC12CC3C)c1ccc2ccccc2c1. The quantitative estimate of drug-likeness (QED) is 0.437. The van der Waals surface area contributed by atoms with Gasteiger partial charge < -0.3 is 24.4 Å². The van der Waals surface area contributed by atoms with Crippen LogP contribution in [0.1, 0.15) is 27.2 Å². The van der Waals surface area contributed by atoms with E-state index in [1.54, 1.807) is 17.9 Å². The summed E-state index contributed by atoms with van der Waals surface area (Å²) in [6.45, 7) is 9.49. The molecule has 2 aromatic rings. The number of hydrogen-bond acceptors (Lipinski definition) is 6. The number of carbonyl (C=O) groups excluding carboxylic acids is 3. The molecule has 8 nitrogen and oxygen atoms in total. The number of hydrogen-bond donors (Lipinski definition) is 1. The summed E-state index contributed by atoms with van der Waals surface area (Å²) in [6, 6.07) is 12.7. The fourth-order valence-corrected chi connectivity index (χ4v) is 6.90. The summed E-state index contributed by atoms with van der Waals surface area (Å²) >= 11 is 0. The molecule has 0 aliphatic carbocycles. The van der Waals surface area contributed by atoms with Crippen LogP contribution in [-0.4, -0.2) is 71.3 Å². The second-order valence-corrected chi connectivity index (χ2v) is 10.5. The predicted octanol–water partition coefficient (Wildman–Crippen LogP) is 2.92. The summed E-state index contributed by atoms with van der Waals surface area (Å²) in [6.07, 6.45) is 2.10. The van der Waals surface area contributed by atoms with Crippen molar-refractivity contribution in [3.63, 3.8) is 0 Å². The van der Waals surface area contributed by atoms with E-state index >= 15 is 0 Å². The molecule has 37 heavy (non-hydrogen) atoms. The van der Waals surface area contributed by atoms with Crippen LogP contribution in [0.25, 0.3) is 10.8 Å². The van der Waals surface area contributed by atoms with Gasteiger partial charge in [0.2, 0.25) is 5.91 Å². The van der Waals surface area contributed by atoms with Crippen molar-refractivity contribution in [2.75, 3.05) is 31.2 Å². The van der Waals surface area contributed by atoms with E-state index in [9.17, 15) is 19.5 Å². The van der Waals surface area contributed by atoms with E-state index in [-0.39, 0.29) is 44.0 Å². The lowest BCUT2D eigenvalue weighted by Gasteiger charge is -2.37. The Morgan fingerprint density at radius 1 is 1.27 bits per heavy atom. The van der Waals surface area contributed by atoms with E-state index in [1.807, 2.05) is 56.3 Å². The van der Waals surface area contributed by atoms with Crippen LogP contribution in [-0.2, 0) is 23.9 Å². The Morgan fingerprint density at radius 3 is 2.68 bits per heavy atom. The summed E-state index contributed by atoms with van der Waals surface area (Å²) in [5.74, 6) is -2.90. The lowest BCUT2D eigenvalue weighted by Crippen LogP contribution is -2.57. The highest BCUT2D eigenvalue weighted by molar-refractivity contribution is 6.05. The highest BCUT2D eigenvalue weighted by Gasteiger charge is 2.80. The van der Waals surface area contributed by atoms with Crippen molar-refractivity contribution in [2.45, 2.75) is 44.4 Å². The maximum absolute atomic E-state index is 14.4. The smallest absolute Gasteiger partial charge is 0.312 e. The number of carbonyl (C=O) groups is 3. The first-order chi connectivity index (χ1) is 17.7. The molecule has 2 bridgehead atoms. The minimum absolute atomic E-state index is 0.0306. The topological polar surface area (TPSA) is 96.4 Å². The number of fused-ring (bicyclic) bond motifs is 2. The van der Waals surface area contributed by atoms with Gasteiger partial charge in [-0.15, -0.1) is 6.58 Å². The fraction of sp³-hybridized carbons (Fsp3) is 0.483. The zero-order valence-corrected chi connectivity index (χ0v) is 21.6. The number of anilines is 1. The third kappa shape index (κ3) is 3.61. The predicted molar refractivity (Wildman–Crippen MR) is 139 cm³/mol. The standard InChI is InChI=1S/C29H34N2O6/c1-5-13-30(21-12-11-19-9-7-8-10-20(19)16-21)26(34)24-29-17-18(3)28(4,37-29)23(27(35)36-6-2)22(29)25(33)31(24)14-15-32/h5,7-12,16,18,22-24,32H,1,6,13-15,17H2,2-4H3/t18?,22-,23+,24?,28-,29?/m0/s1. The lowest BCUT2D eigenvalue weighted by atomic mass is 9.62. The van der Waals surface area contributed by atoms with Crippen LogP contribution in [0.4, 0.5) is 5.69 Å². The zero-order chi connectivity index (χ0) is 26.5. The summed E-state index contributed by atoms with van der Waals surface area (Å²) in [4.78, 5) is 44.5. The number of likely N-dealkylation sites (tertiary alicyclic amines) is 1. The van der Waals surface area contributed by atoms with Gasteiger partial charge in [-0.2, -0.15) is 0 Å². The monoisotopic (exact) mass is 506 g/mol. The third-order valence-corrected chi connectivity index (χ3v) is 8.55. The molecule has 3 saturated heterocycles. The summed E-state index contributed by atoms with van der Waals surface area (Å²) in [5, 5.41) is 11.9. The van der Waals surface area contributed by atoms with Gasteiger partial charge in [-0.1, -0.05) is 43.3 Å². The molecule has 1 N–H and O–H groups in total. The van der Waals surface area contributed by atoms with Gasteiger partial charge in [0, 0.05) is 18.8 Å². The number of β-amino-alcohol motifs (C(OH)–C–C–N with tert-alkyl or cyclic N) is 1. The van der Waals surface area contributed by atoms with Crippen LogP contribution in [0.5, 0.6) is 0 Å². The largest absolute Gasteiger partial charge is 0.466 e. The van der Waals surface area contributed by atoms with E-state index in [2.05, 4.69) is 6.58 Å². The molecule has 0 radical (unpaired) electrons. The molecule has 196 valence electrons. The molecule has 3 heterocycles. The number of rotatable bonds is 8. The average Bonchev–Trinajstić information content (AvgIpc) is 3.39. The molecule has 0 aromatic heterocycles. The van der Waals surface area contributed by atoms with Crippen LogP contribution < -0.4 is 4.90 Å². The third-order valence-electron chi connectivity index (χ3n) is 8.55. The molecule has 2 aromatic carbocycles. The Labute approximate surface area is 216 Å². The van der Waals surface area contributed by atoms with Crippen molar-refractivity contribution < 1.29 is 29.0 Å². The van der Waals surface area contributed by atoms with Crippen molar-refractivity contribution >= 4 is 34.2 Å². The molecular weight excluding hydrogens is 472 g/mol. The average molecular weight is 507 g/mol. The molecule has 5 rings (SSSR count). The van der Waals surface area contributed by atoms with E-state index < -0.39 is 35.0 Å². The van der Waals surface area contributed by atoms with Gasteiger partial charge in [0.05, 0.1) is 24.7 Å². The Bertz CT molecular complexity index is 1260. The Morgan fingerprint density at radius 2 is 2.00 bits per heavy atom. The lowest BCUT2D eigenvalue weighted by molar-refractivity contribution is -0.161. The second-order valence-electron chi connectivity index (χ2n) is 10.5. The van der Waals surface area contributed by atoms with Gasteiger partial charge in [-0.05, 0) is 49.1 Å². The zero-order valence-electron chi connectivity index (χ0n) is 21.6. The normalized spacial score (nSPS) is 32.0. The maximum atomic E-state index is 14.4. The molecule has 3 unspecified atom stereocenters. The van der Waals surface area contributed by atoms with Gasteiger partial charge >= 0.3 is 5.97 Å². The molecule has 3 aliphatic rings. The minimum Gasteiger partial charge on any atom is -0.466 e. The summed E-state index contributed by atoms with van der Waals surface area (Å²) in [7, 11) is 0. The molecule has 3 aliphatic heterocycles. The fourth-order valence-electron chi connectivity index (χ4n) is 6.90. The van der Waals surface area contributed by atoms with Gasteiger partial charge in [0.15, 0.2) is 0 Å². The Balaban J connectivity index is 1.61. The van der Waals surface area contributed by atoms with E-state index in [1.165, 1.54) is 4.90 Å². The first kappa shape index (κ1) is 25.4. The van der Waals surface area contributed by atoms with Gasteiger partial charge in [0.25, 0.3) is 5.91 Å². The van der Waals surface area contributed by atoms with Gasteiger partial charge in [0.1, 0.15) is 17.6 Å². The molecular formula is C29H34N2O6. The Kier molecular flexibility index (Phi) is 6.36. The number of aliphatic hydroxyl groups excluding tert-OH is 1. The number of aliphatic hydroxyl groups is 1. The van der Waals surface area contributed by atoms with Crippen LogP contribution in [0.15, 0.2) is 55.1 Å². The van der Waals surface area contributed by atoms with Crippen molar-refractivity contribution in [1.82, 2.24) is 4.90 Å². The van der Waals surface area contributed by atoms with Crippen molar-refractivity contribution in [2.24, 2.45) is 17.8 Å². The van der Waals surface area contributed by atoms with Crippen LogP contribution >= 0.6 is 0 Å². The number of nitrogens with zero attached hydrogens (tertiary/aromatic N) is 2. The van der Waals surface area contributed by atoms with Gasteiger partial charge in [-0.3, -0.25) is 14.4 Å². The first-order valence-corrected chi connectivity index (χ1v) is 12.9. The first-order valence-electron chi connectivity index (χ1n) is 12.9. The molecule has 2 amide bonds. The summed E-state index contributed by atoms with van der Waals surface area (Å²) < 4.78 is 12.0. The van der Waals surface area contributed by atoms with E-state index in [0.29, 0.717) is 12.1 Å². The highest BCUT2D eigenvalue weighted by Crippen LogP contribution is 2.65. The molecule has 3 fully saturated rings. The van der Waals surface area contributed by atoms with Crippen LogP contribution in [0.2, 0.25) is 0 Å². The molecule has 1 spiro atoms. The summed E-state index contributed by atoms with van der Waals surface area (Å²) in [5.41, 5.74) is -1.44. The number of amides is 2. The van der Waals surface area contributed by atoms with Crippen LogP contribution in [0, 0.1) is 17.8 Å².